The van der Waals surface area contributed by atoms with Gasteiger partial charge in [-0.1, -0.05) is 5.16 Å². The maximum Gasteiger partial charge on any atom is 0.350 e. The number of carbonyl (C=O) groups excluding carboxylic acids is 1. The number of carbonyl (C=O) groups is 1. The molecule has 0 spiro atoms. The molecule has 10 heteroatoms. The third-order valence-corrected chi connectivity index (χ3v) is 5.70. The highest BCUT2D eigenvalue weighted by Gasteiger charge is 2.19. The molecule has 0 N–H and O–H groups in total. The Bertz CT molecular complexity index is 1250. The second-order valence-corrected chi connectivity index (χ2v) is 7.60. The molecule has 0 fully saturated rings. The first kappa shape index (κ1) is 21.4. The fourth-order valence-corrected chi connectivity index (χ4v) is 3.87. The number of hydrogen-bond donors (Lipinski definition) is 0. The van der Waals surface area contributed by atoms with Crippen molar-refractivity contribution in [3.8, 4) is 33.5 Å². The van der Waals surface area contributed by atoms with E-state index in [4.69, 9.17) is 18.7 Å². The second-order valence-electron chi connectivity index (χ2n) is 6.60. The van der Waals surface area contributed by atoms with E-state index < -0.39 is 5.97 Å². The van der Waals surface area contributed by atoms with Crippen LogP contribution in [-0.4, -0.2) is 35.3 Å². The molecule has 4 aromatic rings. The molecular formula is C22H18FN3O5S. The number of rotatable bonds is 7. The van der Waals surface area contributed by atoms with Crippen molar-refractivity contribution in [1.29, 1.82) is 0 Å². The van der Waals surface area contributed by atoms with Crippen molar-refractivity contribution in [2.24, 2.45) is 0 Å². The number of benzene rings is 2. The Kier molecular flexibility index (Phi) is 6.13. The lowest BCUT2D eigenvalue weighted by Crippen LogP contribution is -2.05. The third kappa shape index (κ3) is 4.45. The number of nitrogens with zero attached hydrogens (tertiary/aromatic N) is 3. The summed E-state index contributed by atoms with van der Waals surface area (Å²) in [7, 11) is 3.08. The van der Waals surface area contributed by atoms with Gasteiger partial charge in [-0.2, -0.15) is 4.98 Å². The highest BCUT2D eigenvalue weighted by Crippen LogP contribution is 2.31. The van der Waals surface area contributed by atoms with Crippen molar-refractivity contribution in [3.63, 3.8) is 0 Å². The summed E-state index contributed by atoms with van der Waals surface area (Å²) in [5.74, 6) is 0.677. The smallest absolute Gasteiger partial charge is 0.350 e. The lowest BCUT2D eigenvalue weighted by molar-refractivity contribution is 0.0434. The Labute approximate surface area is 186 Å². The average molecular weight is 455 g/mol. The molecule has 0 saturated heterocycles. The summed E-state index contributed by atoms with van der Waals surface area (Å²) in [5.41, 5.74) is 1.90. The minimum atomic E-state index is -0.556. The molecule has 0 radical (unpaired) electrons. The number of aromatic nitrogens is 3. The fourth-order valence-electron chi connectivity index (χ4n) is 2.90. The third-order valence-electron chi connectivity index (χ3n) is 4.51. The summed E-state index contributed by atoms with van der Waals surface area (Å²) in [4.78, 5) is 21.5. The predicted octanol–water partition coefficient (Wildman–Crippen LogP) is 4.68. The van der Waals surface area contributed by atoms with Gasteiger partial charge < -0.3 is 18.7 Å². The van der Waals surface area contributed by atoms with Crippen LogP contribution in [0.15, 0.2) is 47.0 Å². The standard InChI is InChI=1S/C22H18FN3O5S/c1-12-19(32-21(24-12)13-4-7-15(23)8-5-13)22(27)30-11-18-25-20(26-31-18)14-6-9-16(28-2)17(10-14)29-3/h4-10H,11H2,1-3H3. The summed E-state index contributed by atoms with van der Waals surface area (Å²) < 4.78 is 34.2. The first-order valence-electron chi connectivity index (χ1n) is 9.44. The number of ether oxygens (including phenoxy) is 3. The van der Waals surface area contributed by atoms with Crippen LogP contribution in [0.4, 0.5) is 4.39 Å². The van der Waals surface area contributed by atoms with Crippen LogP contribution in [0.1, 0.15) is 21.3 Å². The lowest BCUT2D eigenvalue weighted by Gasteiger charge is -2.07. The minimum Gasteiger partial charge on any atom is -0.493 e. The van der Waals surface area contributed by atoms with E-state index in [0.29, 0.717) is 38.5 Å². The lowest BCUT2D eigenvalue weighted by atomic mass is 10.2. The van der Waals surface area contributed by atoms with Crippen LogP contribution >= 0.6 is 11.3 Å². The normalized spacial score (nSPS) is 10.8. The Morgan fingerprint density at radius 2 is 1.75 bits per heavy atom. The molecule has 164 valence electrons. The van der Waals surface area contributed by atoms with Crippen molar-refractivity contribution in [2.45, 2.75) is 13.5 Å². The van der Waals surface area contributed by atoms with E-state index in [1.807, 2.05) is 0 Å². The zero-order chi connectivity index (χ0) is 22.7. The van der Waals surface area contributed by atoms with E-state index in [-0.39, 0.29) is 18.3 Å². The van der Waals surface area contributed by atoms with Crippen LogP contribution in [0.2, 0.25) is 0 Å². The number of esters is 1. The summed E-state index contributed by atoms with van der Waals surface area (Å²) in [6.45, 7) is 1.52. The van der Waals surface area contributed by atoms with Crippen molar-refractivity contribution in [2.75, 3.05) is 14.2 Å². The number of aryl methyl sites for hydroxylation is 1. The highest BCUT2D eigenvalue weighted by molar-refractivity contribution is 7.17. The van der Waals surface area contributed by atoms with Crippen LogP contribution in [0.3, 0.4) is 0 Å². The van der Waals surface area contributed by atoms with E-state index in [0.717, 1.165) is 5.56 Å². The molecule has 0 bridgehead atoms. The molecule has 2 heterocycles. The molecule has 0 saturated carbocycles. The minimum absolute atomic E-state index is 0.143. The number of halogens is 1. The van der Waals surface area contributed by atoms with Gasteiger partial charge in [-0.3, -0.25) is 0 Å². The summed E-state index contributed by atoms with van der Waals surface area (Å²) >= 11 is 1.17. The van der Waals surface area contributed by atoms with Crippen molar-refractivity contribution >= 4 is 17.3 Å². The van der Waals surface area contributed by atoms with Gasteiger partial charge in [-0.15, -0.1) is 11.3 Å². The first-order valence-corrected chi connectivity index (χ1v) is 10.3. The zero-order valence-electron chi connectivity index (χ0n) is 17.4. The second kappa shape index (κ2) is 9.15. The molecule has 0 atom stereocenters. The molecule has 0 aliphatic rings. The van der Waals surface area contributed by atoms with Gasteiger partial charge in [0.2, 0.25) is 5.82 Å². The van der Waals surface area contributed by atoms with Crippen LogP contribution in [0.25, 0.3) is 22.0 Å². The topological polar surface area (TPSA) is 96.6 Å². The van der Waals surface area contributed by atoms with Crippen molar-refractivity contribution < 1.29 is 27.9 Å². The monoisotopic (exact) mass is 455 g/mol. The van der Waals surface area contributed by atoms with Gasteiger partial charge >= 0.3 is 5.97 Å². The Balaban J connectivity index is 1.44. The first-order chi connectivity index (χ1) is 15.5. The summed E-state index contributed by atoms with van der Waals surface area (Å²) in [6.07, 6.45) is 0. The van der Waals surface area contributed by atoms with Gasteiger partial charge in [0.1, 0.15) is 15.7 Å². The average Bonchev–Trinajstić information content (AvgIpc) is 3.44. The Morgan fingerprint density at radius 3 is 2.47 bits per heavy atom. The molecule has 32 heavy (non-hydrogen) atoms. The molecule has 0 unspecified atom stereocenters. The van der Waals surface area contributed by atoms with E-state index in [2.05, 4.69) is 15.1 Å². The van der Waals surface area contributed by atoms with Crippen LogP contribution in [0, 0.1) is 12.7 Å². The fraction of sp³-hybridized carbons (Fsp3) is 0.182. The van der Waals surface area contributed by atoms with Crippen LogP contribution in [0.5, 0.6) is 11.5 Å². The summed E-state index contributed by atoms with van der Waals surface area (Å²) in [5, 5.41) is 4.52. The van der Waals surface area contributed by atoms with Gasteiger partial charge in [0, 0.05) is 11.1 Å². The van der Waals surface area contributed by atoms with E-state index in [9.17, 15) is 9.18 Å². The van der Waals surface area contributed by atoms with Crippen molar-refractivity contribution in [3.05, 3.63) is 64.7 Å². The molecule has 0 aliphatic heterocycles. The van der Waals surface area contributed by atoms with Gasteiger partial charge in [0.05, 0.1) is 19.9 Å². The van der Waals surface area contributed by atoms with Crippen LogP contribution in [-0.2, 0) is 11.3 Å². The number of thiazole rings is 1. The molecule has 2 aromatic carbocycles. The molecular weight excluding hydrogens is 437 g/mol. The van der Waals surface area contributed by atoms with Gasteiger partial charge in [-0.05, 0) is 49.4 Å². The Hall–Kier alpha value is -3.79. The number of hydrogen-bond acceptors (Lipinski definition) is 9. The van der Waals surface area contributed by atoms with Gasteiger partial charge in [-0.25, -0.2) is 14.2 Å². The SMILES string of the molecule is COc1ccc(-c2noc(COC(=O)c3sc(-c4ccc(F)cc4)nc3C)n2)cc1OC. The maximum absolute atomic E-state index is 13.1. The van der Waals surface area contributed by atoms with Gasteiger partial charge in [0.15, 0.2) is 18.1 Å². The maximum atomic E-state index is 13.1. The van der Waals surface area contributed by atoms with E-state index in [1.54, 1.807) is 44.4 Å². The molecule has 2 aromatic heterocycles. The quantitative estimate of drug-likeness (QED) is 0.371. The van der Waals surface area contributed by atoms with E-state index >= 15 is 0 Å². The largest absolute Gasteiger partial charge is 0.493 e. The Morgan fingerprint density at radius 1 is 1.03 bits per heavy atom. The van der Waals surface area contributed by atoms with Crippen molar-refractivity contribution in [1.82, 2.24) is 15.1 Å². The molecule has 8 nitrogen and oxygen atoms in total. The van der Waals surface area contributed by atoms with Gasteiger partial charge in [0.25, 0.3) is 5.89 Å². The predicted molar refractivity (Wildman–Crippen MR) is 114 cm³/mol. The summed E-state index contributed by atoms with van der Waals surface area (Å²) in [6, 6.07) is 11.1. The van der Waals surface area contributed by atoms with E-state index in [1.165, 1.54) is 30.6 Å². The molecule has 0 aliphatic carbocycles. The molecule has 0 amide bonds. The number of methoxy groups -OCH3 is 2. The van der Waals surface area contributed by atoms with Crippen LogP contribution < -0.4 is 9.47 Å². The zero-order valence-corrected chi connectivity index (χ0v) is 18.2. The highest BCUT2D eigenvalue weighted by atomic mass is 32.1. The molecule has 4 rings (SSSR count).